The molecule has 1 unspecified atom stereocenters. The van der Waals surface area contributed by atoms with Crippen LogP contribution in [-0.2, 0) is 21.6 Å². The third-order valence-corrected chi connectivity index (χ3v) is 6.35. The number of ether oxygens (including phenoxy) is 1. The lowest BCUT2D eigenvalue weighted by molar-refractivity contribution is -0.140. The molecule has 1 amide bonds. The number of alkyl carbamates (subject to hydrolysis) is 1. The minimum atomic E-state index is -0.766. The molecule has 1 aliphatic carbocycles. The van der Waals surface area contributed by atoms with Gasteiger partial charge in [-0.1, -0.05) is 78.9 Å². The Kier molecular flexibility index (Phi) is 7.06. The average molecular weight is 470 g/mol. The second-order valence-corrected chi connectivity index (χ2v) is 8.53. The van der Waals surface area contributed by atoms with Gasteiger partial charge in [0.25, 0.3) is 0 Å². The van der Waals surface area contributed by atoms with E-state index >= 15 is 0 Å². The smallest absolute Gasteiger partial charge is 0.412 e. The molecule has 0 saturated heterocycles. The normalized spacial score (nSPS) is 15.1. The summed E-state index contributed by atoms with van der Waals surface area (Å²) in [5, 5.41) is 20.1. The average Bonchev–Trinajstić information content (AvgIpc) is 3.71. The van der Waals surface area contributed by atoms with Crippen molar-refractivity contribution < 1.29 is 19.4 Å². The number of carboxylic acid groups (broad SMARTS) is 1. The third-order valence-electron chi connectivity index (χ3n) is 6.35. The van der Waals surface area contributed by atoms with Gasteiger partial charge in [0.1, 0.15) is 12.4 Å². The van der Waals surface area contributed by atoms with Crippen molar-refractivity contribution in [3.8, 4) is 11.1 Å². The van der Waals surface area contributed by atoms with Crippen LogP contribution in [0.3, 0.4) is 0 Å². The molecule has 0 spiro atoms. The maximum absolute atomic E-state index is 12.3. The molecule has 1 saturated carbocycles. The summed E-state index contributed by atoms with van der Waals surface area (Å²) in [5.41, 5.74) is 3.73. The van der Waals surface area contributed by atoms with Crippen molar-refractivity contribution >= 4 is 24.1 Å². The Morgan fingerprint density at radius 2 is 1.63 bits per heavy atom. The number of carboxylic acids is 1. The highest BCUT2D eigenvalue weighted by Gasteiger charge is 2.51. The summed E-state index contributed by atoms with van der Waals surface area (Å²) in [6.07, 6.45) is 1.95. The fourth-order valence-electron chi connectivity index (χ4n) is 4.09. The van der Waals surface area contributed by atoms with Crippen LogP contribution in [0.25, 0.3) is 11.1 Å². The number of carbonyl (C=O) groups excluding carboxylic acids is 1. The summed E-state index contributed by atoms with van der Waals surface area (Å²) < 4.78 is 5.28. The summed E-state index contributed by atoms with van der Waals surface area (Å²) >= 11 is 0. The van der Waals surface area contributed by atoms with Gasteiger partial charge in [-0.3, -0.25) is 15.1 Å². The SMILES string of the molecule is CN=C(NC(=O)OCc1ccccc1)C(C=N)c1ccc(-c2ccc(C3(C(=O)O)CC3)cc2)cc1. The number of nitrogens with zero attached hydrogens (tertiary/aromatic N) is 1. The zero-order valence-corrected chi connectivity index (χ0v) is 19.4. The molecule has 1 aliphatic rings. The van der Waals surface area contributed by atoms with Crippen LogP contribution in [0.2, 0.25) is 0 Å². The number of aliphatic imine (C=N–C) groups is 1. The van der Waals surface area contributed by atoms with E-state index in [2.05, 4.69) is 10.3 Å². The third kappa shape index (κ3) is 5.30. The van der Waals surface area contributed by atoms with E-state index in [9.17, 15) is 14.7 Å². The molecule has 3 N–H and O–H groups in total. The van der Waals surface area contributed by atoms with Crippen molar-refractivity contribution in [3.05, 3.63) is 95.6 Å². The zero-order chi connectivity index (χ0) is 24.8. The fraction of sp³-hybridized carbons (Fsp3) is 0.214. The Bertz CT molecular complexity index is 1230. The minimum Gasteiger partial charge on any atom is -0.481 e. The highest BCUT2D eigenvalue weighted by atomic mass is 16.5. The standard InChI is InChI=1S/C28H27N3O4/c1-30-25(31-27(34)35-18-19-5-3-2-4-6-19)24(17-29)22-9-7-20(8-10-22)21-11-13-23(14-12-21)28(15-16-28)26(32)33/h2-14,17,24,29H,15-16,18H2,1H3,(H,32,33)(H,30,31,34). The molecule has 0 bridgehead atoms. The van der Waals surface area contributed by atoms with Gasteiger partial charge in [0.05, 0.1) is 11.3 Å². The lowest BCUT2D eigenvalue weighted by Crippen LogP contribution is -2.35. The Balaban J connectivity index is 1.42. The fourth-order valence-corrected chi connectivity index (χ4v) is 4.09. The first-order chi connectivity index (χ1) is 17.0. The molecule has 7 heteroatoms. The number of aliphatic carboxylic acids is 1. The molecule has 0 aromatic heterocycles. The molecule has 1 fully saturated rings. The van der Waals surface area contributed by atoms with E-state index in [-0.39, 0.29) is 6.61 Å². The largest absolute Gasteiger partial charge is 0.481 e. The van der Waals surface area contributed by atoms with E-state index in [1.807, 2.05) is 78.9 Å². The van der Waals surface area contributed by atoms with Gasteiger partial charge in [0.15, 0.2) is 0 Å². The Hall–Kier alpha value is -4.26. The lowest BCUT2D eigenvalue weighted by atomic mass is 9.92. The monoisotopic (exact) mass is 469 g/mol. The maximum Gasteiger partial charge on any atom is 0.412 e. The Morgan fingerprint density at radius 1 is 1.03 bits per heavy atom. The Labute approximate surface area is 204 Å². The number of hydrogen-bond acceptors (Lipinski definition) is 5. The lowest BCUT2D eigenvalue weighted by Gasteiger charge is -2.17. The van der Waals surface area contributed by atoms with E-state index < -0.39 is 23.4 Å². The van der Waals surface area contributed by atoms with Crippen LogP contribution >= 0.6 is 0 Å². The number of amides is 1. The molecule has 3 aromatic rings. The minimum absolute atomic E-state index is 0.139. The van der Waals surface area contributed by atoms with Crippen LogP contribution in [0, 0.1) is 5.41 Å². The summed E-state index contributed by atoms with van der Waals surface area (Å²) in [6, 6.07) is 24.7. The number of benzene rings is 3. The summed E-state index contributed by atoms with van der Waals surface area (Å²) in [6.45, 7) is 0.139. The predicted octanol–water partition coefficient (Wildman–Crippen LogP) is 5.16. The molecule has 1 atom stereocenters. The predicted molar refractivity (Wildman–Crippen MR) is 135 cm³/mol. The number of hydrogen-bond donors (Lipinski definition) is 3. The molecule has 0 heterocycles. The van der Waals surface area contributed by atoms with Gasteiger partial charge in [0.2, 0.25) is 0 Å². The highest BCUT2D eigenvalue weighted by molar-refractivity contribution is 6.07. The first-order valence-corrected chi connectivity index (χ1v) is 11.4. The topological polar surface area (TPSA) is 112 Å². The van der Waals surface area contributed by atoms with E-state index in [4.69, 9.17) is 10.1 Å². The first kappa shape index (κ1) is 23.9. The highest BCUT2D eigenvalue weighted by Crippen LogP contribution is 2.48. The van der Waals surface area contributed by atoms with Crippen molar-refractivity contribution in [2.24, 2.45) is 4.99 Å². The molecule has 0 aliphatic heterocycles. The molecular weight excluding hydrogens is 442 g/mol. The first-order valence-electron chi connectivity index (χ1n) is 11.4. The van der Waals surface area contributed by atoms with Crippen LogP contribution in [0.1, 0.15) is 35.4 Å². The number of amidine groups is 1. The second kappa shape index (κ2) is 10.3. The zero-order valence-electron chi connectivity index (χ0n) is 19.4. The van der Waals surface area contributed by atoms with Crippen molar-refractivity contribution in [1.29, 1.82) is 5.41 Å². The van der Waals surface area contributed by atoms with Crippen LogP contribution in [0.4, 0.5) is 4.79 Å². The summed E-state index contributed by atoms with van der Waals surface area (Å²) in [5.74, 6) is -0.984. The molecular formula is C28H27N3O4. The van der Waals surface area contributed by atoms with Crippen LogP contribution in [0.5, 0.6) is 0 Å². The molecule has 3 aromatic carbocycles. The maximum atomic E-state index is 12.3. The van der Waals surface area contributed by atoms with Crippen molar-refractivity contribution in [2.75, 3.05) is 7.05 Å². The second-order valence-electron chi connectivity index (χ2n) is 8.53. The molecule has 4 rings (SSSR count). The van der Waals surface area contributed by atoms with Gasteiger partial charge in [-0.05, 0) is 40.7 Å². The van der Waals surface area contributed by atoms with Crippen molar-refractivity contribution in [1.82, 2.24) is 5.32 Å². The molecule has 35 heavy (non-hydrogen) atoms. The Morgan fingerprint density at radius 3 is 2.14 bits per heavy atom. The number of carbonyl (C=O) groups is 2. The van der Waals surface area contributed by atoms with Gasteiger partial charge in [-0.15, -0.1) is 0 Å². The van der Waals surface area contributed by atoms with E-state index in [1.165, 1.54) is 6.21 Å². The van der Waals surface area contributed by atoms with Crippen molar-refractivity contribution in [3.63, 3.8) is 0 Å². The molecule has 7 nitrogen and oxygen atoms in total. The summed E-state index contributed by atoms with van der Waals surface area (Å²) in [4.78, 5) is 28.0. The van der Waals surface area contributed by atoms with Crippen LogP contribution in [-0.4, -0.2) is 36.3 Å². The number of nitrogens with one attached hydrogen (secondary N) is 2. The van der Waals surface area contributed by atoms with E-state index in [0.29, 0.717) is 18.7 Å². The van der Waals surface area contributed by atoms with Crippen molar-refractivity contribution in [2.45, 2.75) is 30.8 Å². The summed E-state index contributed by atoms with van der Waals surface area (Å²) in [7, 11) is 1.56. The molecule has 178 valence electrons. The van der Waals surface area contributed by atoms with E-state index in [1.54, 1.807) is 7.05 Å². The van der Waals surface area contributed by atoms with Gasteiger partial charge >= 0.3 is 12.1 Å². The number of rotatable bonds is 8. The quantitative estimate of drug-likeness (QED) is 0.313. The van der Waals surface area contributed by atoms with Crippen LogP contribution < -0.4 is 5.32 Å². The van der Waals surface area contributed by atoms with Gasteiger partial charge < -0.3 is 15.3 Å². The van der Waals surface area contributed by atoms with Gasteiger partial charge in [-0.2, -0.15) is 0 Å². The molecule has 0 radical (unpaired) electrons. The van der Waals surface area contributed by atoms with Gasteiger partial charge in [-0.25, -0.2) is 4.79 Å². The van der Waals surface area contributed by atoms with Gasteiger partial charge in [0, 0.05) is 13.3 Å². The van der Waals surface area contributed by atoms with Crippen LogP contribution in [0.15, 0.2) is 83.9 Å². The van der Waals surface area contributed by atoms with E-state index in [0.717, 1.165) is 27.8 Å².